The van der Waals surface area contributed by atoms with Crippen molar-refractivity contribution in [3.8, 4) is 0 Å². The fraction of sp³-hybridized carbons (Fsp3) is 0. The molecule has 0 unspecified atom stereocenters. The fourth-order valence-corrected chi connectivity index (χ4v) is 0. The van der Waals surface area contributed by atoms with Crippen molar-refractivity contribution in [2.24, 2.45) is 0 Å². The van der Waals surface area contributed by atoms with Crippen LogP contribution in [-0.2, 0) is 26.1 Å². The summed E-state index contributed by atoms with van der Waals surface area (Å²) in [7, 11) is -0.137. The van der Waals surface area contributed by atoms with E-state index in [1.165, 1.54) is 0 Å². The molecule has 0 aliphatic heterocycles. The fourth-order valence-electron chi connectivity index (χ4n) is 0. The van der Waals surface area contributed by atoms with Gasteiger partial charge in [-0.25, -0.2) is 0 Å². The minimum atomic E-state index is -4.19. The first-order valence-electron chi connectivity index (χ1n) is 0.670. The van der Waals surface area contributed by atoms with Gasteiger partial charge in [-0.05, 0) is 0 Å². The normalized spacial score (nSPS) is 9.67. The van der Waals surface area contributed by atoms with Crippen LogP contribution in [0.2, 0.25) is 0 Å². The molecule has 0 aromatic carbocycles. The molecule has 6 heavy (non-hydrogen) atoms. The standard InChI is InChI=1S/ClHO3S.Co/c1-5(2,3)4;/h(H,2,3,4);. The molecule has 0 fully saturated rings. The van der Waals surface area contributed by atoms with E-state index < -0.39 is 9.33 Å². The molecule has 0 bridgehead atoms. The zero-order chi connectivity index (χ0) is 4.50. The molecule has 6 heteroatoms. The van der Waals surface area contributed by atoms with Gasteiger partial charge in [0.2, 0.25) is 0 Å². The third-order valence-electron chi connectivity index (χ3n) is 0. The third-order valence-corrected chi connectivity index (χ3v) is 0. The van der Waals surface area contributed by atoms with E-state index in [9.17, 15) is 0 Å². The van der Waals surface area contributed by atoms with Crippen molar-refractivity contribution in [1.82, 2.24) is 0 Å². The average Bonchev–Trinajstić information content (AvgIpc) is 0.722. The first-order chi connectivity index (χ1) is 2.00. The molecule has 1 radical (unpaired) electrons. The van der Waals surface area contributed by atoms with Crippen molar-refractivity contribution in [2.45, 2.75) is 0 Å². The second-order valence-corrected chi connectivity index (χ2v) is 2.41. The van der Waals surface area contributed by atoms with Gasteiger partial charge >= 0.3 is 9.33 Å². The molecule has 41 valence electrons. The summed E-state index contributed by atoms with van der Waals surface area (Å²) in [5.41, 5.74) is 0. The Hall–Kier alpha value is 0.706. The van der Waals surface area contributed by atoms with E-state index in [1.54, 1.807) is 0 Å². The van der Waals surface area contributed by atoms with Crippen LogP contribution in [0, 0.1) is 0 Å². The van der Waals surface area contributed by atoms with Crippen LogP contribution in [0.5, 0.6) is 0 Å². The van der Waals surface area contributed by atoms with E-state index in [1.807, 2.05) is 0 Å². The Morgan fingerprint density at radius 1 is 1.50 bits per heavy atom. The molecule has 0 heterocycles. The van der Waals surface area contributed by atoms with Gasteiger partial charge in [0, 0.05) is 27.5 Å². The molecule has 3 nitrogen and oxygen atoms in total. The number of hydrogen-bond acceptors (Lipinski definition) is 2. The van der Waals surface area contributed by atoms with Crippen LogP contribution >= 0.6 is 10.7 Å². The Balaban J connectivity index is 0. The second kappa shape index (κ2) is 2.81. The molecule has 0 saturated heterocycles. The van der Waals surface area contributed by atoms with E-state index in [4.69, 9.17) is 13.0 Å². The van der Waals surface area contributed by atoms with Crippen LogP contribution in [0.1, 0.15) is 0 Å². The van der Waals surface area contributed by atoms with Crippen LogP contribution in [0.3, 0.4) is 0 Å². The SMILES string of the molecule is O=S(=O)(O)Cl.[Co]. The Labute approximate surface area is 50.1 Å². The van der Waals surface area contributed by atoms with Gasteiger partial charge in [0.15, 0.2) is 0 Å². The zero-order valence-electron chi connectivity index (χ0n) is 2.38. The Morgan fingerprint density at radius 3 is 1.50 bits per heavy atom. The molecular formula is HClCoO3S. The zero-order valence-corrected chi connectivity index (χ0v) is 5.00. The maximum absolute atomic E-state index is 8.95. The van der Waals surface area contributed by atoms with Gasteiger partial charge in [-0.2, -0.15) is 8.42 Å². The first-order valence-corrected chi connectivity index (χ1v) is 2.94. The van der Waals surface area contributed by atoms with E-state index >= 15 is 0 Å². The van der Waals surface area contributed by atoms with Crippen LogP contribution in [0.4, 0.5) is 0 Å². The quantitative estimate of drug-likeness (QED) is 0.417. The van der Waals surface area contributed by atoms with E-state index in [0.29, 0.717) is 0 Å². The summed E-state index contributed by atoms with van der Waals surface area (Å²) < 4.78 is 25.2. The summed E-state index contributed by atoms with van der Waals surface area (Å²) in [6, 6.07) is 0. The van der Waals surface area contributed by atoms with Gasteiger partial charge in [0.25, 0.3) is 0 Å². The van der Waals surface area contributed by atoms with Crippen molar-refractivity contribution < 1.29 is 29.7 Å². The first kappa shape index (κ1) is 9.86. The van der Waals surface area contributed by atoms with Gasteiger partial charge in [-0.15, -0.1) is 0 Å². The molecule has 0 saturated carbocycles. The van der Waals surface area contributed by atoms with Crippen molar-refractivity contribution in [3.05, 3.63) is 0 Å². The number of halogens is 1. The van der Waals surface area contributed by atoms with Gasteiger partial charge in [0.1, 0.15) is 0 Å². The van der Waals surface area contributed by atoms with Gasteiger partial charge in [0.05, 0.1) is 0 Å². The van der Waals surface area contributed by atoms with Crippen LogP contribution in [0.25, 0.3) is 0 Å². The summed E-state index contributed by atoms with van der Waals surface area (Å²) in [5.74, 6) is 0. The van der Waals surface area contributed by atoms with E-state index in [0.717, 1.165) is 0 Å². The van der Waals surface area contributed by atoms with Gasteiger partial charge in [-0.3, -0.25) is 4.55 Å². The molecule has 0 aliphatic rings. The molecular weight excluding hydrogens is 174 g/mol. The summed E-state index contributed by atoms with van der Waals surface area (Å²) in [4.78, 5) is 0. The topological polar surface area (TPSA) is 54.4 Å². The molecule has 0 rings (SSSR count). The third kappa shape index (κ3) is 130. The maximum Gasteiger partial charge on any atom is 0.353 e. The molecule has 0 spiro atoms. The second-order valence-electron chi connectivity index (χ2n) is 0.412. The predicted octanol–water partition coefficient (Wildman–Crippen LogP) is 0.0255. The number of rotatable bonds is 0. The predicted molar refractivity (Wildman–Crippen MR) is 17.4 cm³/mol. The summed E-state index contributed by atoms with van der Waals surface area (Å²) in [6.45, 7) is 0. The average molecular weight is 175 g/mol. The minimum absolute atomic E-state index is 0. The number of hydrogen-bond donors (Lipinski definition) is 1. The minimum Gasteiger partial charge on any atom is -0.273 e. The van der Waals surface area contributed by atoms with Gasteiger partial charge in [-0.1, -0.05) is 0 Å². The molecule has 1 N–H and O–H groups in total. The van der Waals surface area contributed by atoms with Crippen molar-refractivity contribution in [2.75, 3.05) is 0 Å². The summed E-state index contributed by atoms with van der Waals surface area (Å²) >= 11 is 0. The van der Waals surface area contributed by atoms with Crippen molar-refractivity contribution in [1.29, 1.82) is 0 Å². The Bertz CT molecular complexity index is 94.0. The molecule has 0 aromatic heterocycles. The van der Waals surface area contributed by atoms with Gasteiger partial charge < -0.3 is 0 Å². The molecule has 0 amide bonds. The maximum atomic E-state index is 8.95. The van der Waals surface area contributed by atoms with Crippen molar-refractivity contribution >= 4 is 20.0 Å². The van der Waals surface area contributed by atoms with Crippen molar-refractivity contribution in [3.63, 3.8) is 0 Å². The summed E-state index contributed by atoms with van der Waals surface area (Å²) in [6.07, 6.45) is 0. The van der Waals surface area contributed by atoms with Crippen LogP contribution < -0.4 is 0 Å². The largest absolute Gasteiger partial charge is 0.353 e. The Kier molecular flexibility index (Phi) is 4.62. The van der Waals surface area contributed by atoms with E-state index in [-0.39, 0.29) is 16.8 Å². The Morgan fingerprint density at radius 2 is 1.50 bits per heavy atom. The molecule has 0 aliphatic carbocycles. The molecule has 0 atom stereocenters. The van der Waals surface area contributed by atoms with Crippen LogP contribution in [-0.4, -0.2) is 13.0 Å². The van der Waals surface area contributed by atoms with Crippen LogP contribution in [0.15, 0.2) is 0 Å². The monoisotopic (exact) mass is 175 g/mol. The smallest absolute Gasteiger partial charge is 0.273 e. The molecule has 0 aromatic rings. The van der Waals surface area contributed by atoms with E-state index in [2.05, 4.69) is 10.7 Å². The summed E-state index contributed by atoms with van der Waals surface area (Å²) in [5, 5.41) is 0.